The molecule has 0 fully saturated rings. The molecule has 0 unspecified atom stereocenters. The Bertz CT molecular complexity index is 1050. The van der Waals surface area contributed by atoms with Crippen LogP contribution in [-0.4, -0.2) is 11.1 Å². The maximum Gasteiger partial charge on any atom is 0.335 e. The summed E-state index contributed by atoms with van der Waals surface area (Å²) in [6, 6.07) is 26.1. The van der Waals surface area contributed by atoms with Crippen molar-refractivity contribution in [3.05, 3.63) is 84.4 Å². The molecule has 0 radical (unpaired) electrons. The first-order valence-corrected chi connectivity index (χ1v) is 7.47. The largest absolute Gasteiger partial charge is 0.478 e. The summed E-state index contributed by atoms with van der Waals surface area (Å²) in [5, 5.41) is 13.5. The second-order valence-corrected chi connectivity index (χ2v) is 5.64. The molecule has 23 heavy (non-hydrogen) atoms. The van der Waals surface area contributed by atoms with Crippen LogP contribution in [0.2, 0.25) is 0 Å². The number of aromatic carboxylic acids is 1. The van der Waals surface area contributed by atoms with Crippen molar-refractivity contribution in [3.63, 3.8) is 0 Å². The molecule has 0 amide bonds. The molecule has 1 N–H and O–H groups in total. The maximum absolute atomic E-state index is 11.1. The van der Waals surface area contributed by atoms with Crippen LogP contribution in [0.25, 0.3) is 32.7 Å². The smallest absolute Gasteiger partial charge is 0.335 e. The van der Waals surface area contributed by atoms with Gasteiger partial charge in [0.25, 0.3) is 0 Å². The van der Waals surface area contributed by atoms with Gasteiger partial charge in [0.2, 0.25) is 0 Å². The number of carboxylic acids is 1. The van der Waals surface area contributed by atoms with E-state index < -0.39 is 5.97 Å². The quantitative estimate of drug-likeness (QED) is 0.541. The van der Waals surface area contributed by atoms with Crippen LogP contribution >= 0.6 is 0 Å². The summed E-state index contributed by atoms with van der Waals surface area (Å²) in [5.74, 6) is -0.898. The Morgan fingerprint density at radius 2 is 1.13 bits per heavy atom. The first-order valence-electron chi connectivity index (χ1n) is 7.47. The van der Waals surface area contributed by atoms with Gasteiger partial charge in [-0.2, -0.15) is 0 Å². The molecule has 0 aliphatic carbocycles. The standard InChI is InChI=1S/C21H14O2/c22-21(23)20-10-9-18-12-17(7-8-19(18)13-20)16-6-5-14-3-1-2-4-15(14)11-16/h1-13H,(H,22,23). The third-order valence-corrected chi connectivity index (χ3v) is 4.17. The van der Waals surface area contributed by atoms with Crippen molar-refractivity contribution in [2.24, 2.45) is 0 Å². The van der Waals surface area contributed by atoms with E-state index in [4.69, 9.17) is 5.11 Å². The Morgan fingerprint density at radius 1 is 0.609 bits per heavy atom. The van der Waals surface area contributed by atoms with Crippen LogP contribution in [0.4, 0.5) is 0 Å². The van der Waals surface area contributed by atoms with E-state index in [0.717, 1.165) is 21.9 Å². The number of fused-ring (bicyclic) bond motifs is 2. The van der Waals surface area contributed by atoms with Gasteiger partial charge in [-0.1, -0.05) is 54.6 Å². The minimum absolute atomic E-state index is 0.316. The molecule has 110 valence electrons. The van der Waals surface area contributed by atoms with Gasteiger partial charge >= 0.3 is 5.97 Å². The van der Waals surface area contributed by atoms with Crippen molar-refractivity contribution in [1.29, 1.82) is 0 Å². The summed E-state index contributed by atoms with van der Waals surface area (Å²) in [6.07, 6.45) is 0. The molecule has 0 aliphatic rings. The highest BCUT2D eigenvalue weighted by molar-refractivity contribution is 5.96. The van der Waals surface area contributed by atoms with E-state index in [1.165, 1.54) is 10.8 Å². The van der Waals surface area contributed by atoms with Crippen molar-refractivity contribution in [1.82, 2.24) is 0 Å². The SMILES string of the molecule is O=C(O)c1ccc2cc(-c3ccc4ccccc4c3)ccc2c1. The fourth-order valence-electron chi connectivity index (χ4n) is 2.93. The van der Waals surface area contributed by atoms with E-state index in [1.807, 2.05) is 30.3 Å². The number of carboxylic acid groups (broad SMARTS) is 1. The average Bonchev–Trinajstić information content (AvgIpc) is 2.60. The minimum Gasteiger partial charge on any atom is -0.478 e. The van der Waals surface area contributed by atoms with Crippen LogP contribution in [0, 0.1) is 0 Å². The van der Waals surface area contributed by atoms with Gasteiger partial charge in [-0.25, -0.2) is 4.79 Å². The van der Waals surface area contributed by atoms with Gasteiger partial charge in [0.15, 0.2) is 0 Å². The molecule has 4 aromatic carbocycles. The Balaban J connectivity index is 1.84. The third kappa shape index (κ3) is 2.44. The summed E-state index contributed by atoms with van der Waals surface area (Å²) < 4.78 is 0. The average molecular weight is 298 g/mol. The Morgan fingerprint density at radius 3 is 1.83 bits per heavy atom. The number of carbonyl (C=O) groups is 1. The van der Waals surface area contributed by atoms with Crippen LogP contribution in [0.15, 0.2) is 78.9 Å². The number of hydrogen-bond donors (Lipinski definition) is 1. The van der Waals surface area contributed by atoms with Gasteiger partial charge in [0.1, 0.15) is 0 Å². The lowest BCUT2D eigenvalue weighted by molar-refractivity contribution is 0.0697. The molecule has 2 nitrogen and oxygen atoms in total. The van der Waals surface area contributed by atoms with Crippen LogP contribution in [-0.2, 0) is 0 Å². The lowest BCUT2D eigenvalue weighted by Crippen LogP contribution is -1.95. The molecule has 4 aromatic rings. The number of hydrogen-bond acceptors (Lipinski definition) is 1. The highest BCUT2D eigenvalue weighted by Gasteiger charge is 2.05. The molecule has 0 heterocycles. The van der Waals surface area contributed by atoms with E-state index in [-0.39, 0.29) is 0 Å². The molecular weight excluding hydrogens is 284 g/mol. The molecule has 2 heteroatoms. The number of benzene rings is 4. The predicted molar refractivity (Wildman–Crippen MR) is 93.8 cm³/mol. The molecule has 0 spiro atoms. The summed E-state index contributed by atoms with van der Waals surface area (Å²) in [6.45, 7) is 0. The van der Waals surface area contributed by atoms with Crippen molar-refractivity contribution >= 4 is 27.5 Å². The van der Waals surface area contributed by atoms with Gasteiger partial charge in [-0.05, 0) is 56.9 Å². The van der Waals surface area contributed by atoms with Gasteiger partial charge in [0, 0.05) is 0 Å². The Kier molecular flexibility index (Phi) is 3.09. The lowest BCUT2D eigenvalue weighted by Gasteiger charge is -2.07. The lowest BCUT2D eigenvalue weighted by atomic mass is 9.98. The van der Waals surface area contributed by atoms with E-state index in [1.54, 1.807) is 12.1 Å². The van der Waals surface area contributed by atoms with Gasteiger partial charge in [-0.15, -0.1) is 0 Å². The fraction of sp³-hybridized carbons (Fsp3) is 0. The summed E-state index contributed by atoms with van der Waals surface area (Å²) in [4.78, 5) is 11.1. The monoisotopic (exact) mass is 298 g/mol. The highest BCUT2D eigenvalue weighted by atomic mass is 16.4. The molecular formula is C21H14O2. The van der Waals surface area contributed by atoms with Gasteiger partial charge < -0.3 is 5.11 Å². The van der Waals surface area contributed by atoms with Gasteiger partial charge in [0.05, 0.1) is 5.56 Å². The third-order valence-electron chi connectivity index (χ3n) is 4.17. The zero-order valence-corrected chi connectivity index (χ0v) is 12.4. The Hall–Kier alpha value is -3.13. The summed E-state index contributed by atoms with van der Waals surface area (Å²) in [5.41, 5.74) is 2.61. The van der Waals surface area contributed by atoms with Crippen LogP contribution in [0.3, 0.4) is 0 Å². The topological polar surface area (TPSA) is 37.3 Å². The zero-order chi connectivity index (χ0) is 15.8. The van der Waals surface area contributed by atoms with Crippen LogP contribution in [0.1, 0.15) is 10.4 Å². The normalized spacial score (nSPS) is 11.0. The molecule has 0 aromatic heterocycles. The van der Waals surface area contributed by atoms with Crippen molar-refractivity contribution in [2.45, 2.75) is 0 Å². The van der Waals surface area contributed by atoms with Crippen LogP contribution in [0.5, 0.6) is 0 Å². The molecule has 0 bridgehead atoms. The van der Waals surface area contributed by atoms with E-state index >= 15 is 0 Å². The van der Waals surface area contributed by atoms with E-state index in [0.29, 0.717) is 5.56 Å². The highest BCUT2D eigenvalue weighted by Crippen LogP contribution is 2.28. The second-order valence-electron chi connectivity index (χ2n) is 5.64. The fourth-order valence-corrected chi connectivity index (χ4v) is 2.93. The summed E-state index contributed by atoms with van der Waals surface area (Å²) >= 11 is 0. The van der Waals surface area contributed by atoms with Crippen molar-refractivity contribution in [2.75, 3.05) is 0 Å². The molecule has 4 rings (SSSR count). The first-order chi connectivity index (χ1) is 11.2. The summed E-state index contributed by atoms with van der Waals surface area (Å²) in [7, 11) is 0. The zero-order valence-electron chi connectivity index (χ0n) is 12.4. The molecule has 0 atom stereocenters. The molecule has 0 saturated heterocycles. The first kappa shape index (κ1) is 13.5. The van der Waals surface area contributed by atoms with Crippen LogP contribution < -0.4 is 0 Å². The minimum atomic E-state index is -0.898. The van der Waals surface area contributed by atoms with Crippen molar-refractivity contribution < 1.29 is 9.90 Å². The van der Waals surface area contributed by atoms with E-state index in [9.17, 15) is 4.79 Å². The van der Waals surface area contributed by atoms with E-state index in [2.05, 4.69) is 36.4 Å². The Labute approximate surface area is 133 Å². The molecule has 0 saturated carbocycles. The molecule has 0 aliphatic heterocycles. The maximum atomic E-state index is 11.1. The van der Waals surface area contributed by atoms with Crippen molar-refractivity contribution in [3.8, 4) is 11.1 Å². The second kappa shape index (κ2) is 5.25. The number of rotatable bonds is 2. The predicted octanol–water partition coefficient (Wildman–Crippen LogP) is 5.36. The van der Waals surface area contributed by atoms with Gasteiger partial charge in [-0.3, -0.25) is 0 Å².